The lowest BCUT2D eigenvalue weighted by Gasteiger charge is -2.25. The quantitative estimate of drug-likeness (QED) is 0.598. The third-order valence-corrected chi connectivity index (χ3v) is 5.40. The zero-order chi connectivity index (χ0) is 21.6. The number of benzene rings is 2. The number of anilines is 2. The van der Waals surface area contributed by atoms with E-state index in [0.29, 0.717) is 17.3 Å². The molecule has 3 aromatic rings. The molecular weight excluding hydrogens is 392 g/mol. The fraction of sp³-hybridized carbons (Fsp3) is 0.292. The van der Waals surface area contributed by atoms with Crippen molar-refractivity contribution in [3.05, 3.63) is 54.4 Å². The molecule has 1 N–H and O–H groups in total. The van der Waals surface area contributed by atoms with E-state index in [4.69, 9.17) is 9.47 Å². The number of aromatic nitrogens is 2. The van der Waals surface area contributed by atoms with Gasteiger partial charge < -0.3 is 19.7 Å². The maximum atomic E-state index is 12.3. The topological polar surface area (TPSA) is 76.6 Å². The molecule has 0 aliphatic carbocycles. The van der Waals surface area contributed by atoms with Crippen LogP contribution in [0.2, 0.25) is 0 Å². The number of fused-ring (bicyclic) bond motifs is 1. The normalized spacial score (nSPS) is 14.1. The number of likely N-dealkylation sites (tertiary alicyclic amines) is 1. The third-order valence-electron chi connectivity index (χ3n) is 5.40. The standard InChI is InChI=1S/C24H26N4O3/c1-30-21-14-19-20(15-22(21)31-2)25-16-26-24(19)27-18-9-6-17(7-10-18)8-11-23(29)28-12-4-3-5-13-28/h6-11,14-16H,3-5,12-13H2,1-2H3,(H,25,26,27). The minimum Gasteiger partial charge on any atom is -0.493 e. The van der Waals surface area contributed by atoms with E-state index in [2.05, 4.69) is 15.3 Å². The van der Waals surface area contributed by atoms with Crippen LogP contribution < -0.4 is 14.8 Å². The van der Waals surface area contributed by atoms with E-state index in [9.17, 15) is 4.79 Å². The van der Waals surface area contributed by atoms with Gasteiger partial charge in [-0.1, -0.05) is 12.1 Å². The second-order valence-electron chi connectivity index (χ2n) is 7.41. The number of piperidine rings is 1. The lowest BCUT2D eigenvalue weighted by Crippen LogP contribution is -2.34. The van der Waals surface area contributed by atoms with Crippen molar-refractivity contribution >= 4 is 34.4 Å². The van der Waals surface area contributed by atoms with Crippen LogP contribution in [0, 0.1) is 0 Å². The first-order chi connectivity index (χ1) is 15.2. The van der Waals surface area contributed by atoms with Crippen LogP contribution in [0.15, 0.2) is 48.8 Å². The Balaban J connectivity index is 1.49. The first-order valence-corrected chi connectivity index (χ1v) is 10.4. The fourth-order valence-corrected chi connectivity index (χ4v) is 3.68. The van der Waals surface area contributed by atoms with E-state index in [1.807, 2.05) is 47.4 Å². The van der Waals surface area contributed by atoms with Gasteiger partial charge in [0, 0.05) is 36.3 Å². The lowest BCUT2D eigenvalue weighted by molar-refractivity contribution is -0.126. The molecule has 31 heavy (non-hydrogen) atoms. The summed E-state index contributed by atoms with van der Waals surface area (Å²) in [5.74, 6) is 2.00. The van der Waals surface area contributed by atoms with Crippen LogP contribution in [0.4, 0.5) is 11.5 Å². The summed E-state index contributed by atoms with van der Waals surface area (Å²) in [7, 11) is 3.20. The number of carbonyl (C=O) groups is 1. The van der Waals surface area contributed by atoms with Crippen molar-refractivity contribution in [3.8, 4) is 11.5 Å². The van der Waals surface area contributed by atoms with E-state index >= 15 is 0 Å². The summed E-state index contributed by atoms with van der Waals surface area (Å²) in [5, 5.41) is 4.16. The maximum Gasteiger partial charge on any atom is 0.246 e. The number of rotatable bonds is 6. The summed E-state index contributed by atoms with van der Waals surface area (Å²) in [6.45, 7) is 1.71. The van der Waals surface area contributed by atoms with Gasteiger partial charge in [-0.2, -0.15) is 0 Å². The number of ether oxygens (including phenoxy) is 2. The molecule has 1 aliphatic heterocycles. The highest BCUT2D eigenvalue weighted by Gasteiger charge is 2.14. The first kappa shape index (κ1) is 20.7. The average molecular weight is 418 g/mol. The second-order valence-corrected chi connectivity index (χ2v) is 7.41. The van der Waals surface area contributed by atoms with E-state index in [0.717, 1.165) is 48.1 Å². The first-order valence-electron chi connectivity index (χ1n) is 10.4. The number of hydrogen-bond donors (Lipinski definition) is 1. The predicted octanol–water partition coefficient (Wildman–Crippen LogP) is 4.42. The summed E-state index contributed by atoms with van der Waals surface area (Å²) in [6, 6.07) is 11.5. The van der Waals surface area contributed by atoms with Crippen molar-refractivity contribution < 1.29 is 14.3 Å². The van der Waals surface area contributed by atoms with Gasteiger partial charge in [-0.3, -0.25) is 4.79 Å². The molecule has 0 radical (unpaired) electrons. The monoisotopic (exact) mass is 418 g/mol. The fourth-order valence-electron chi connectivity index (χ4n) is 3.68. The van der Waals surface area contributed by atoms with Gasteiger partial charge >= 0.3 is 0 Å². The Labute approximate surface area is 181 Å². The average Bonchev–Trinajstić information content (AvgIpc) is 2.83. The number of nitrogens with one attached hydrogen (secondary N) is 1. The molecule has 2 heterocycles. The van der Waals surface area contributed by atoms with E-state index in [1.54, 1.807) is 20.3 Å². The molecule has 0 unspecified atom stereocenters. The highest BCUT2D eigenvalue weighted by Crippen LogP contribution is 2.34. The van der Waals surface area contributed by atoms with Crippen LogP contribution in [0.25, 0.3) is 17.0 Å². The lowest BCUT2D eigenvalue weighted by atomic mass is 10.1. The number of amides is 1. The number of hydrogen-bond acceptors (Lipinski definition) is 6. The largest absolute Gasteiger partial charge is 0.493 e. The molecule has 0 spiro atoms. The van der Waals surface area contributed by atoms with Crippen LogP contribution in [0.1, 0.15) is 24.8 Å². The van der Waals surface area contributed by atoms with Crippen LogP contribution >= 0.6 is 0 Å². The molecule has 1 fully saturated rings. The van der Waals surface area contributed by atoms with Crippen molar-refractivity contribution in [1.29, 1.82) is 0 Å². The van der Waals surface area contributed by atoms with Crippen molar-refractivity contribution in [2.75, 3.05) is 32.6 Å². The Morgan fingerprint density at radius 3 is 2.42 bits per heavy atom. The van der Waals surface area contributed by atoms with Crippen molar-refractivity contribution in [2.24, 2.45) is 0 Å². The zero-order valence-electron chi connectivity index (χ0n) is 17.8. The van der Waals surface area contributed by atoms with Gasteiger partial charge in [0.25, 0.3) is 0 Å². The van der Waals surface area contributed by atoms with Crippen molar-refractivity contribution in [3.63, 3.8) is 0 Å². The smallest absolute Gasteiger partial charge is 0.246 e. The Morgan fingerprint density at radius 1 is 1.00 bits per heavy atom. The van der Waals surface area contributed by atoms with Gasteiger partial charge in [0.05, 0.1) is 19.7 Å². The summed E-state index contributed by atoms with van der Waals surface area (Å²) in [5.41, 5.74) is 2.61. The molecule has 7 nitrogen and oxygen atoms in total. The molecule has 0 bridgehead atoms. The molecule has 4 rings (SSSR count). The van der Waals surface area contributed by atoms with E-state index < -0.39 is 0 Å². The van der Waals surface area contributed by atoms with Gasteiger partial charge in [-0.25, -0.2) is 9.97 Å². The van der Waals surface area contributed by atoms with Crippen LogP contribution in [0.5, 0.6) is 11.5 Å². The molecule has 2 aromatic carbocycles. The van der Waals surface area contributed by atoms with Gasteiger partial charge in [-0.05, 0) is 49.1 Å². The molecule has 0 saturated carbocycles. The number of methoxy groups -OCH3 is 2. The Morgan fingerprint density at radius 2 is 1.71 bits per heavy atom. The number of carbonyl (C=O) groups excluding carboxylic acids is 1. The molecule has 1 aromatic heterocycles. The van der Waals surface area contributed by atoms with Crippen LogP contribution in [-0.4, -0.2) is 48.1 Å². The molecule has 1 amide bonds. The minimum absolute atomic E-state index is 0.0822. The summed E-state index contributed by atoms with van der Waals surface area (Å²) in [6.07, 6.45) is 8.43. The summed E-state index contributed by atoms with van der Waals surface area (Å²) >= 11 is 0. The highest BCUT2D eigenvalue weighted by atomic mass is 16.5. The predicted molar refractivity (Wildman–Crippen MR) is 122 cm³/mol. The van der Waals surface area contributed by atoms with Gasteiger partial charge in [-0.15, -0.1) is 0 Å². The van der Waals surface area contributed by atoms with E-state index in [1.165, 1.54) is 12.7 Å². The molecule has 7 heteroatoms. The van der Waals surface area contributed by atoms with Crippen LogP contribution in [-0.2, 0) is 4.79 Å². The SMILES string of the molecule is COc1cc2ncnc(Nc3ccc(C=CC(=O)N4CCCCC4)cc3)c2cc1OC. The van der Waals surface area contributed by atoms with Gasteiger partial charge in [0.2, 0.25) is 5.91 Å². The Kier molecular flexibility index (Phi) is 6.31. The summed E-state index contributed by atoms with van der Waals surface area (Å²) < 4.78 is 10.8. The maximum absolute atomic E-state index is 12.3. The third kappa shape index (κ3) is 4.77. The Bertz CT molecular complexity index is 1090. The molecular formula is C24H26N4O3. The Hall–Kier alpha value is -3.61. The molecule has 1 saturated heterocycles. The minimum atomic E-state index is 0.0822. The van der Waals surface area contributed by atoms with Gasteiger partial charge in [0.15, 0.2) is 11.5 Å². The number of nitrogens with zero attached hydrogens (tertiary/aromatic N) is 3. The summed E-state index contributed by atoms with van der Waals surface area (Å²) in [4.78, 5) is 22.9. The van der Waals surface area contributed by atoms with Crippen LogP contribution in [0.3, 0.4) is 0 Å². The zero-order valence-corrected chi connectivity index (χ0v) is 17.8. The van der Waals surface area contributed by atoms with Crippen molar-refractivity contribution in [1.82, 2.24) is 14.9 Å². The molecule has 1 aliphatic rings. The second kappa shape index (κ2) is 9.47. The molecule has 160 valence electrons. The van der Waals surface area contributed by atoms with E-state index in [-0.39, 0.29) is 5.91 Å². The van der Waals surface area contributed by atoms with Gasteiger partial charge in [0.1, 0.15) is 12.1 Å². The molecule has 0 atom stereocenters. The van der Waals surface area contributed by atoms with Crippen molar-refractivity contribution in [2.45, 2.75) is 19.3 Å². The highest BCUT2D eigenvalue weighted by molar-refractivity contribution is 5.93.